The van der Waals surface area contributed by atoms with Crippen LogP contribution in [0.5, 0.6) is 0 Å². The third-order valence-electron chi connectivity index (χ3n) is 2.52. The largest absolute Gasteiger partial charge is 0.392 e. The number of nitrogens with zero attached hydrogens (tertiary/aromatic N) is 2. The predicted molar refractivity (Wildman–Crippen MR) is 69.3 cm³/mol. The molecule has 0 radical (unpaired) electrons. The maximum absolute atomic E-state index is 12.3. The molecule has 1 amide bonds. The molecule has 1 atom stereocenters. The van der Waals surface area contributed by atoms with E-state index in [2.05, 4.69) is 4.98 Å². The van der Waals surface area contributed by atoms with Gasteiger partial charge in [0.1, 0.15) is 4.88 Å². The van der Waals surface area contributed by atoms with E-state index in [1.165, 1.54) is 11.3 Å². The zero-order valence-corrected chi connectivity index (χ0v) is 11.6. The van der Waals surface area contributed by atoms with Gasteiger partial charge in [-0.05, 0) is 27.2 Å². The van der Waals surface area contributed by atoms with E-state index in [0.717, 1.165) is 12.1 Å². The van der Waals surface area contributed by atoms with Crippen molar-refractivity contribution in [2.45, 2.75) is 46.3 Å². The summed E-state index contributed by atoms with van der Waals surface area (Å²) < 4.78 is 0. The molecular formula is C12H20N2O2S. The fourth-order valence-electron chi connectivity index (χ4n) is 1.64. The molecule has 1 aromatic rings. The van der Waals surface area contributed by atoms with E-state index in [1.807, 2.05) is 20.8 Å². The molecule has 1 N–H and O–H groups in total. The van der Waals surface area contributed by atoms with Crippen molar-refractivity contribution in [1.82, 2.24) is 9.88 Å². The number of thiazole rings is 1. The van der Waals surface area contributed by atoms with Crippen molar-refractivity contribution < 1.29 is 9.90 Å². The number of carbonyl (C=O) groups excluding carboxylic acids is 1. The Bertz CT molecular complexity index is 374. The Morgan fingerprint density at radius 3 is 2.65 bits per heavy atom. The van der Waals surface area contributed by atoms with Crippen LogP contribution in [0.2, 0.25) is 0 Å². The van der Waals surface area contributed by atoms with E-state index < -0.39 is 6.10 Å². The molecule has 1 rings (SSSR count). The topological polar surface area (TPSA) is 53.4 Å². The fraction of sp³-hybridized carbons (Fsp3) is 0.667. The number of aliphatic hydroxyl groups excluding tert-OH is 1. The second kappa shape index (κ2) is 6.12. The van der Waals surface area contributed by atoms with Crippen molar-refractivity contribution >= 4 is 17.2 Å². The van der Waals surface area contributed by atoms with Crippen molar-refractivity contribution in [1.29, 1.82) is 0 Å². The van der Waals surface area contributed by atoms with Gasteiger partial charge in [-0.1, -0.05) is 6.92 Å². The number of aromatic nitrogens is 1. The Kier molecular flexibility index (Phi) is 5.08. The molecule has 1 heterocycles. The maximum Gasteiger partial charge on any atom is 0.266 e. The van der Waals surface area contributed by atoms with E-state index in [0.29, 0.717) is 11.4 Å². The van der Waals surface area contributed by atoms with Crippen LogP contribution in [0.1, 0.15) is 43.1 Å². The number of aryl methyl sites for hydroxylation is 1. The standard InChI is InChI=1S/C12H20N2O2S/c1-5-10-11(17-7-13-10)12(16)14(8(2)3)6-9(4)15/h7-9,15H,5-6H2,1-4H3. The first-order valence-corrected chi connectivity index (χ1v) is 6.76. The normalized spacial score (nSPS) is 12.8. The molecule has 0 bridgehead atoms. The van der Waals surface area contributed by atoms with E-state index >= 15 is 0 Å². The fourth-order valence-corrected chi connectivity index (χ4v) is 2.47. The van der Waals surface area contributed by atoms with Crippen molar-refractivity contribution in [3.63, 3.8) is 0 Å². The average Bonchev–Trinajstić information content (AvgIpc) is 2.72. The van der Waals surface area contributed by atoms with Crippen LogP contribution in [0.4, 0.5) is 0 Å². The summed E-state index contributed by atoms with van der Waals surface area (Å²) in [6, 6.07) is 0.0731. The molecule has 1 unspecified atom stereocenters. The number of rotatable bonds is 5. The molecule has 96 valence electrons. The molecule has 4 nitrogen and oxygen atoms in total. The quantitative estimate of drug-likeness (QED) is 0.876. The molecule has 0 spiro atoms. The summed E-state index contributed by atoms with van der Waals surface area (Å²) in [5.41, 5.74) is 2.55. The minimum absolute atomic E-state index is 0.0275. The molecule has 0 saturated carbocycles. The Hall–Kier alpha value is -0.940. The summed E-state index contributed by atoms with van der Waals surface area (Å²) in [6.45, 7) is 7.94. The first-order chi connectivity index (χ1) is 7.97. The van der Waals surface area contributed by atoms with Crippen LogP contribution in [0.3, 0.4) is 0 Å². The van der Waals surface area contributed by atoms with Crippen molar-refractivity contribution in [2.75, 3.05) is 6.54 Å². The second-order valence-electron chi connectivity index (χ2n) is 4.38. The summed E-state index contributed by atoms with van der Waals surface area (Å²) in [5.74, 6) is -0.0275. The molecule has 1 aromatic heterocycles. The monoisotopic (exact) mass is 256 g/mol. The minimum atomic E-state index is -0.514. The molecule has 0 fully saturated rings. The zero-order chi connectivity index (χ0) is 13.0. The Morgan fingerprint density at radius 2 is 2.18 bits per heavy atom. The van der Waals surface area contributed by atoms with Gasteiger partial charge < -0.3 is 10.0 Å². The summed E-state index contributed by atoms with van der Waals surface area (Å²) >= 11 is 1.37. The van der Waals surface area contributed by atoms with Crippen LogP contribution in [0.15, 0.2) is 5.51 Å². The number of hydrogen-bond acceptors (Lipinski definition) is 4. The number of amides is 1. The smallest absolute Gasteiger partial charge is 0.266 e. The lowest BCUT2D eigenvalue weighted by Crippen LogP contribution is -2.41. The van der Waals surface area contributed by atoms with Crippen LogP contribution in [-0.2, 0) is 6.42 Å². The van der Waals surface area contributed by atoms with Gasteiger partial charge in [0.2, 0.25) is 0 Å². The lowest BCUT2D eigenvalue weighted by Gasteiger charge is -2.27. The highest BCUT2D eigenvalue weighted by Crippen LogP contribution is 2.18. The van der Waals surface area contributed by atoms with Crippen LogP contribution in [0.25, 0.3) is 0 Å². The molecule has 0 aromatic carbocycles. The highest BCUT2D eigenvalue weighted by molar-refractivity contribution is 7.11. The molecule has 0 aliphatic rings. The third-order valence-corrected chi connectivity index (χ3v) is 3.37. The Morgan fingerprint density at radius 1 is 1.53 bits per heavy atom. The van der Waals surface area contributed by atoms with E-state index in [9.17, 15) is 9.90 Å². The summed E-state index contributed by atoms with van der Waals surface area (Å²) in [6.07, 6.45) is 0.241. The predicted octanol–water partition coefficient (Wildman–Crippen LogP) is 1.94. The number of hydrogen-bond donors (Lipinski definition) is 1. The van der Waals surface area contributed by atoms with Crippen molar-refractivity contribution in [3.8, 4) is 0 Å². The Labute approximate surface area is 106 Å². The molecule has 0 aliphatic heterocycles. The first-order valence-electron chi connectivity index (χ1n) is 5.88. The lowest BCUT2D eigenvalue weighted by atomic mass is 10.2. The van der Waals surface area contributed by atoms with E-state index in [-0.39, 0.29) is 11.9 Å². The first kappa shape index (κ1) is 14.1. The summed E-state index contributed by atoms with van der Waals surface area (Å²) in [4.78, 5) is 18.9. The second-order valence-corrected chi connectivity index (χ2v) is 5.24. The molecular weight excluding hydrogens is 236 g/mol. The van der Waals surface area contributed by atoms with Gasteiger partial charge in [0.25, 0.3) is 5.91 Å². The lowest BCUT2D eigenvalue weighted by molar-refractivity contribution is 0.0582. The van der Waals surface area contributed by atoms with Crippen molar-refractivity contribution in [2.24, 2.45) is 0 Å². The maximum atomic E-state index is 12.3. The SMILES string of the molecule is CCc1ncsc1C(=O)N(CC(C)O)C(C)C. The molecule has 5 heteroatoms. The zero-order valence-electron chi connectivity index (χ0n) is 10.8. The van der Waals surface area contributed by atoms with Crippen LogP contribution >= 0.6 is 11.3 Å². The van der Waals surface area contributed by atoms with Crippen LogP contribution in [0, 0.1) is 0 Å². The van der Waals surface area contributed by atoms with Gasteiger partial charge in [-0.25, -0.2) is 4.98 Å². The van der Waals surface area contributed by atoms with Crippen LogP contribution in [-0.4, -0.2) is 39.6 Å². The molecule has 17 heavy (non-hydrogen) atoms. The van der Waals surface area contributed by atoms with Crippen molar-refractivity contribution in [3.05, 3.63) is 16.1 Å². The summed E-state index contributed by atoms with van der Waals surface area (Å²) in [7, 11) is 0. The highest BCUT2D eigenvalue weighted by Gasteiger charge is 2.23. The Balaban J connectivity index is 2.92. The van der Waals surface area contributed by atoms with Gasteiger partial charge in [0, 0.05) is 12.6 Å². The van der Waals surface area contributed by atoms with Gasteiger partial charge >= 0.3 is 0 Å². The van der Waals surface area contributed by atoms with Crippen LogP contribution < -0.4 is 0 Å². The highest BCUT2D eigenvalue weighted by atomic mass is 32.1. The van der Waals surface area contributed by atoms with Gasteiger partial charge in [-0.3, -0.25) is 4.79 Å². The van der Waals surface area contributed by atoms with Gasteiger partial charge in [0.05, 0.1) is 17.3 Å². The van der Waals surface area contributed by atoms with E-state index in [1.54, 1.807) is 17.3 Å². The van der Waals surface area contributed by atoms with E-state index in [4.69, 9.17) is 0 Å². The van der Waals surface area contributed by atoms with Gasteiger partial charge in [-0.15, -0.1) is 11.3 Å². The van der Waals surface area contributed by atoms with Gasteiger partial charge in [0.15, 0.2) is 0 Å². The minimum Gasteiger partial charge on any atom is -0.392 e. The number of aliphatic hydroxyl groups is 1. The van der Waals surface area contributed by atoms with Gasteiger partial charge in [-0.2, -0.15) is 0 Å². The molecule has 0 aliphatic carbocycles. The average molecular weight is 256 g/mol. The number of carbonyl (C=O) groups is 1. The third kappa shape index (κ3) is 3.51. The summed E-state index contributed by atoms with van der Waals surface area (Å²) in [5, 5.41) is 9.44. The molecule has 0 saturated heterocycles.